The molecule has 3 heterocycles. The lowest BCUT2D eigenvalue weighted by atomic mass is 10.2. The molecule has 0 aliphatic carbocycles. The van der Waals surface area contributed by atoms with E-state index in [1.54, 1.807) is 25.3 Å². The highest BCUT2D eigenvalue weighted by atomic mass is 35.5. The van der Waals surface area contributed by atoms with Gasteiger partial charge in [0, 0.05) is 6.20 Å². The van der Waals surface area contributed by atoms with Crippen molar-refractivity contribution in [2.24, 2.45) is 5.10 Å². The zero-order chi connectivity index (χ0) is 17.3. The predicted octanol–water partition coefficient (Wildman–Crippen LogP) is 1.30. The van der Waals surface area contributed by atoms with Crippen molar-refractivity contribution in [3.8, 4) is 0 Å². The molecule has 0 spiro atoms. The van der Waals surface area contributed by atoms with Gasteiger partial charge in [-0.3, -0.25) is 4.79 Å². The molecule has 1 fully saturated rings. The fraction of sp³-hybridized carbons (Fsp3) is 0.357. The van der Waals surface area contributed by atoms with Crippen molar-refractivity contribution in [2.75, 3.05) is 11.5 Å². The highest BCUT2D eigenvalue weighted by Gasteiger charge is 2.31. The minimum atomic E-state index is -3.03. The van der Waals surface area contributed by atoms with Gasteiger partial charge in [0.05, 0.1) is 35.0 Å². The van der Waals surface area contributed by atoms with Gasteiger partial charge in [-0.05, 0) is 25.5 Å². The van der Waals surface area contributed by atoms with Crippen LogP contribution >= 0.6 is 11.6 Å². The van der Waals surface area contributed by atoms with E-state index in [1.807, 2.05) is 0 Å². The van der Waals surface area contributed by atoms with E-state index in [9.17, 15) is 13.2 Å². The molecule has 24 heavy (non-hydrogen) atoms. The molecule has 1 amide bonds. The Labute approximate surface area is 143 Å². The van der Waals surface area contributed by atoms with Crippen LogP contribution in [0, 0.1) is 6.92 Å². The molecule has 0 saturated carbocycles. The number of carbonyl (C=O) groups excluding carboxylic acids is 1. The van der Waals surface area contributed by atoms with Crippen LogP contribution in [0.1, 0.15) is 34.2 Å². The second kappa shape index (κ2) is 6.40. The van der Waals surface area contributed by atoms with Crippen molar-refractivity contribution in [2.45, 2.75) is 19.4 Å². The van der Waals surface area contributed by atoms with Crippen molar-refractivity contribution >= 4 is 33.6 Å². The van der Waals surface area contributed by atoms with Crippen LogP contribution in [0.2, 0.25) is 5.15 Å². The number of carbonyl (C=O) groups is 1. The predicted molar refractivity (Wildman–Crippen MR) is 90.1 cm³/mol. The van der Waals surface area contributed by atoms with Crippen molar-refractivity contribution < 1.29 is 13.2 Å². The lowest BCUT2D eigenvalue weighted by Gasteiger charge is -2.09. The Morgan fingerprint density at radius 1 is 1.58 bits per heavy atom. The average molecular weight is 370 g/mol. The second-order valence-electron chi connectivity index (χ2n) is 5.57. The zero-order valence-corrected chi connectivity index (χ0v) is 14.4. The highest BCUT2D eigenvalue weighted by molar-refractivity contribution is 7.91. The van der Waals surface area contributed by atoms with E-state index in [4.69, 9.17) is 11.6 Å². The molecule has 1 aliphatic rings. The molecule has 1 aliphatic heterocycles. The monoisotopic (exact) mass is 369 g/mol. The Balaban J connectivity index is 1.75. The fourth-order valence-corrected chi connectivity index (χ4v) is 4.63. The van der Waals surface area contributed by atoms with Gasteiger partial charge >= 0.3 is 0 Å². The smallest absolute Gasteiger partial charge is 0.287 e. The number of nitrogens with one attached hydrogen (secondary N) is 2. The number of aromatic amines is 1. The molecule has 2 N–H and O–H groups in total. The first-order valence-electron chi connectivity index (χ1n) is 7.29. The first kappa shape index (κ1) is 16.7. The lowest BCUT2D eigenvalue weighted by Crippen LogP contribution is -2.17. The van der Waals surface area contributed by atoms with E-state index in [0.29, 0.717) is 28.5 Å². The number of hydrogen-bond acceptors (Lipinski definition) is 5. The lowest BCUT2D eigenvalue weighted by molar-refractivity contribution is 0.0951. The van der Waals surface area contributed by atoms with Gasteiger partial charge in [-0.2, -0.15) is 10.2 Å². The number of nitrogens with zero attached hydrogens (tertiary/aromatic N) is 3. The number of sulfone groups is 1. The third-order valence-corrected chi connectivity index (χ3v) is 5.95. The zero-order valence-electron chi connectivity index (χ0n) is 12.9. The average Bonchev–Trinajstić information content (AvgIpc) is 3.22. The Kier molecular flexibility index (Phi) is 4.46. The summed E-state index contributed by atoms with van der Waals surface area (Å²) < 4.78 is 24.8. The topological polar surface area (TPSA) is 109 Å². The van der Waals surface area contributed by atoms with Crippen molar-refractivity contribution in [3.05, 3.63) is 40.4 Å². The molecule has 2 aromatic rings. The van der Waals surface area contributed by atoms with E-state index in [0.717, 1.165) is 0 Å². The third-order valence-electron chi connectivity index (χ3n) is 3.83. The Hall–Kier alpha value is -2.13. The van der Waals surface area contributed by atoms with E-state index in [-0.39, 0.29) is 23.5 Å². The molecule has 128 valence electrons. The molecule has 1 saturated heterocycles. The van der Waals surface area contributed by atoms with Crippen molar-refractivity contribution in [3.63, 3.8) is 0 Å². The standard InChI is InChI=1S/C14H16ClN5O3S/c1-9-11(7-17-18-14(21)12-3-2-5-16-12)13(15)20(19-9)10-4-6-24(22,23)8-10/h2-3,5,7,10,16H,4,6,8H2,1H3,(H,18,21)/b17-7-/t10-/m0/s1. The Bertz CT molecular complexity index is 886. The van der Waals surface area contributed by atoms with Crippen LogP contribution in [0.5, 0.6) is 0 Å². The van der Waals surface area contributed by atoms with Gasteiger partial charge in [0.15, 0.2) is 9.84 Å². The summed E-state index contributed by atoms with van der Waals surface area (Å²) in [6.45, 7) is 1.75. The largest absolute Gasteiger partial charge is 0.357 e. The normalized spacial score (nSPS) is 19.8. The Morgan fingerprint density at radius 3 is 3.00 bits per heavy atom. The van der Waals surface area contributed by atoms with Crippen LogP contribution in [0.15, 0.2) is 23.4 Å². The van der Waals surface area contributed by atoms with Crippen molar-refractivity contribution in [1.29, 1.82) is 0 Å². The number of H-pyrrole nitrogens is 1. The summed E-state index contributed by atoms with van der Waals surface area (Å²) in [7, 11) is -3.03. The van der Waals surface area contributed by atoms with Crippen molar-refractivity contribution in [1.82, 2.24) is 20.2 Å². The van der Waals surface area contributed by atoms with Gasteiger partial charge in [-0.15, -0.1) is 0 Å². The summed E-state index contributed by atoms with van der Waals surface area (Å²) in [5.74, 6) is -0.199. The van der Waals surface area contributed by atoms with Crippen LogP contribution in [-0.2, 0) is 9.84 Å². The van der Waals surface area contributed by atoms with E-state index in [1.165, 1.54) is 10.9 Å². The summed E-state index contributed by atoms with van der Waals surface area (Å²) in [6, 6.07) is 3.07. The van der Waals surface area contributed by atoms with Gasteiger partial charge in [-0.25, -0.2) is 18.5 Å². The number of rotatable bonds is 4. The minimum Gasteiger partial charge on any atom is -0.357 e. The van der Waals surface area contributed by atoms with Gasteiger partial charge in [0.2, 0.25) is 0 Å². The number of halogens is 1. The molecule has 0 radical (unpaired) electrons. The summed E-state index contributed by atoms with van der Waals surface area (Å²) in [5.41, 5.74) is 3.94. The molecule has 0 aromatic carbocycles. The fourth-order valence-electron chi connectivity index (χ4n) is 2.58. The van der Waals surface area contributed by atoms with E-state index in [2.05, 4.69) is 20.6 Å². The highest BCUT2D eigenvalue weighted by Crippen LogP contribution is 2.29. The SMILES string of the molecule is Cc1nn([C@H]2CCS(=O)(=O)C2)c(Cl)c1/C=N\NC(=O)c1ccc[nH]1. The second-order valence-corrected chi connectivity index (χ2v) is 8.16. The molecule has 0 unspecified atom stereocenters. The quantitative estimate of drug-likeness (QED) is 0.625. The van der Waals surface area contributed by atoms with Gasteiger partial charge in [0.1, 0.15) is 10.8 Å². The summed E-state index contributed by atoms with van der Waals surface area (Å²) in [4.78, 5) is 14.5. The Morgan fingerprint density at radius 2 is 2.38 bits per heavy atom. The summed E-state index contributed by atoms with van der Waals surface area (Å²) in [5, 5.41) is 8.52. The molecule has 2 aromatic heterocycles. The third kappa shape index (κ3) is 3.36. The van der Waals surface area contributed by atoms with Crippen LogP contribution in [0.25, 0.3) is 0 Å². The van der Waals surface area contributed by atoms with Crippen LogP contribution in [-0.4, -0.2) is 46.8 Å². The molecule has 8 nitrogen and oxygen atoms in total. The van der Waals surface area contributed by atoms with Crippen LogP contribution in [0.3, 0.4) is 0 Å². The number of aryl methyl sites for hydroxylation is 1. The molecular formula is C14H16ClN5O3S. The molecule has 3 rings (SSSR count). The maximum atomic E-state index is 11.8. The molecule has 10 heteroatoms. The minimum absolute atomic E-state index is 0.0357. The molecule has 1 atom stereocenters. The summed E-state index contributed by atoms with van der Waals surface area (Å²) in [6.07, 6.45) is 3.54. The maximum Gasteiger partial charge on any atom is 0.287 e. The number of amides is 1. The van der Waals surface area contributed by atoms with E-state index < -0.39 is 9.84 Å². The first-order valence-corrected chi connectivity index (χ1v) is 9.49. The maximum absolute atomic E-state index is 11.8. The van der Waals surface area contributed by atoms with E-state index >= 15 is 0 Å². The number of hydrogen-bond donors (Lipinski definition) is 2. The number of aromatic nitrogens is 3. The van der Waals surface area contributed by atoms with Gasteiger partial charge in [0.25, 0.3) is 5.91 Å². The molecule has 0 bridgehead atoms. The van der Waals surface area contributed by atoms with Crippen LogP contribution in [0.4, 0.5) is 0 Å². The molecular weight excluding hydrogens is 354 g/mol. The van der Waals surface area contributed by atoms with Crippen LogP contribution < -0.4 is 5.43 Å². The summed E-state index contributed by atoms with van der Waals surface area (Å²) >= 11 is 6.31. The first-order chi connectivity index (χ1) is 11.4. The van der Waals surface area contributed by atoms with Gasteiger partial charge in [-0.1, -0.05) is 11.6 Å². The van der Waals surface area contributed by atoms with Gasteiger partial charge < -0.3 is 4.98 Å². The number of hydrazone groups is 1.